The third kappa shape index (κ3) is 5.07. The van der Waals surface area contributed by atoms with Gasteiger partial charge in [0, 0.05) is 29.2 Å². The summed E-state index contributed by atoms with van der Waals surface area (Å²) < 4.78 is 0. The molecule has 0 aliphatic carbocycles. The number of aliphatic hydroxyl groups is 1. The molecule has 4 nitrogen and oxygen atoms in total. The van der Waals surface area contributed by atoms with Gasteiger partial charge in [-0.1, -0.05) is 41.9 Å². The number of rotatable bonds is 6. The fraction of sp³-hybridized carbons (Fsp3) is 0.381. The Morgan fingerprint density at radius 2 is 1.96 bits per heavy atom. The molecule has 2 N–H and O–H groups in total. The number of piperidine rings is 1. The molecule has 0 aromatic heterocycles. The molecule has 138 valence electrons. The summed E-state index contributed by atoms with van der Waals surface area (Å²) in [5.74, 6) is -0.0608. The van der Waals surface area contributed by atoms with Crippen LogP contribution < -0.4 is 5.32 Å². The summed E-state index contributed by atoms with van der Waals surface area (Å²) >= 11 is 6.22. The van der Waals surface area contributed by atoms with Crippen LogP contribution in [0.4, 0.5) is 0 Å². The largest absolute Gasteiger partial charge is 0.392 e. The molecule has 0 saturated carbocycles. The number of nitrogens with one attached hydrogen (secondary N) is 1. The quantitative estimate of drug-likeness (QED) is 0.762. The molecule has 1 atom stereocenters. The second-order valence-electron chi connectivity index (χ2n) is 6.76. The third-order valence-electron chi connectivity index (χ3n) is 4.75. The molecular formula is C21H25ClN2O2. The summed E-state index contributed by atoms with van der Waals surface area (Å²) in [7, 11) is 0. The van der Waals surface area contributed by atoms with E-state index < -0.39 is 0 Å². The number of nitrogens with zero attached hydrogens (tertiary/aromatic N) is 1. The Balaban J connectivity index is 1.47. The van der Waals surface area contributed by atoms with Gasteiger partial charge in [-0.2, -0.15) is 0 Å². The van der Waals surface area contributed by atoms with Crippen LogP contribution in [0.3, 0.4) is 0 Å². The standard InChI is InChI=1S/C21H25ClN2O2/c22-20-7-2-1-6-19(20)16-8-10-17(11-9-16)21(26)23-12-4-14-24-13-3-5-18(25)15-24/h1-2,6-11,18,25H,3-5,12-15H2,(H,23,26). The van der Waals surface area contributed by atoms with Crippen LogP contribution in [-0.4, -0.2) is 48.2 Å². The number of hydrogen-bond donors (Lipinski definition) is 2. The lowest BCUT2D eigenvalue weighted by atomic mass is 10.0. The lowest BCUT2D eigenvalue weighted by Crippen LogP contribution is -2.39. The second kappa shape index (κ2) is 9.17. The molecule has 1 fully saturated rings. The SMILES string of the molecule is O=C(NCCCN1CCCC(O)C1)c1ccc(-c2ccccc2Cl)cc1. The summed E-state index contributed by atoms with van der Waals surface area (Å²) in [6.45, 7) is 3.33. The van der Waals surface area contributed by atoms with Crippen molar-refractivity contribution >= 4 is 17.5 Å². The van der Waals surface area contributed by atoms with E-state index in [-0.39, 0.29) is 12.0 Å². The lowest BCUT2D eigenvalue weighted by molar-refractivity contribution is 0.0697. The maximum atomic E-state index is 12.3. The van der Waals surface area contributed by atoms with Crippen LogP contribution in [0.15, 0.2) is 48.5 Å². The van der Waals surface area contributed by atoms with Gasteiger partial charge in [-0.25, -0.2) is 0 Å². The van der Waals surface area contributed by atoms with E-state index in [4.69, 9.17) is 11.6 Å². The maximum Gasteiger partial charge on any atom is 0.251 e. The molecule has 0 bridgehead atoms. The number of likely N-dealkylation sites (tertiary alicyclic amines) is 1. The van der Waals surface area contributed by atoms with Gasteiger partial charge in [0.1, 0.15) is 0 Å². The van der Waals surface area contributed by atoms with Gasteiger partial charge in [0.05, 0.1) is 6.10 Å². The fourth-order valence-corrected chi connectivity index (χ4v) is 3.58. The molecule has 1 aliphatic heterocycles. The number of amides is 1. The summed E-state index contributed by atoms with van der Waals surface area (Å²) in [6, 6.07) is 15.2. The Labute approximate surface area is 159 Å². The first-order valence-electron chi connectivity index (χ1n) is 9.17. The van der Waals surface area contributed by atoms with Crippen molar-refractivity contribution in [3.05, 3.63) is 59.1 Å². The van der Waals surface area contributed by atoms with Gasteiger partial charge in [0.15, 0.2) is 0 Å². The number of carbonyl (C=O) groups excluding carboxylic acids is 1. The minimum absolute atomic E-state index is 0.0608. The van der Waals surface area contributed by atoms with Crippen molar-refractivity contribution in [1.82, 2.24) is 10.2 Å². The molecule has 26 heavy (non-hydrogen) atoms. The van der Waals surface area contributed by atoms with Gasteiger partial charge in [0.2, 0.25) is 0 Å². The van der Waals surface area contributed by atoms with Crippen molar-refractivity contribution in [2.24, 2.45) is 0 Å². The normalized spacial score (nSPS) is 17.8. The molecule has 1 heterocycles. The highest BCUT2D eigenvalue weighted by Gasteiger charge is 2.16. The molecule has 2 aromatic rings. The fourth-order valence-electron chi connectivity index (χ4n) is 3.34. The molecule has 5 heteroatoms. The van der Waals surface area contributed by atoms with E-state index in [0.717, 1.165) is 50.0 Å². The summed E-state index contributed by atoms with van der Waals surface area (Å²) in [5, 5.41) is 13.3. The molecule has 1 aliphatic rings. The van der Waals surface area contributed by atoms with Gasteiger partial charge in [0.25, 0.3) is 5.91 Å². The van der Waals surface area contributed by atoms with Crippen molar-refractivity contribution in [1.29, 1.82) is 0 Å². The summed E-state index contributed by atoms with van der Waals surface area (Å²) in [6.07, 6.45) is 2.63. The Bertz CT molecular complexity index is 733. The van der Waals surface area contributed by atoms with Crippen LogP contribution in [-0.2, 0) is 0 Å². The van der Waals surface area contributed by atoms with Gasteiger partial charge < -0.3 is 15.3 Å². The minimum Gasteiger partial charge on any atom is -0.392 e. The topological polar surface area (TPSA) is 52.6 Å². The first-order chi connectivity index (χ1) is 12.6. The molecule has 1 saturated heterocycles. The zero-order chi connectivity index (χ0) is 18.4. The van der Waals surface area contributed by atoms with E-state index in [1.165, 1.54) is 0 Å². The molecule has 1 unspecified atom stereocenters. The van der Waals surface area contributed by atoms with Gasteiger partial charge in [-0.3, -0.25) is 4.79 Å². The lowest BCUT2D eigenvalue weighted by Gasteiger charge is -2.29. The smallest absolute Gasteiger partial charge is 0.251 e. The van der Waals surface area contributed by atoms with Crippen molar-refractivity contribution in [3.63, 3.8) is 0 Å². The molecular weight excluding hydrogens is 348 g/mol. The van der Waals surface area contributed by atoms with Gasteiger partial charge in [-0.15, -0.1) is 0 Å². The third-order valence-corrected chi connectivity index (χ3v) is 5.08. The highest BCUT2D eigenvalue weighted by atomic mass is 35.5. The van der Waals surface area contributed by atoms with E-state index in [9.17, 15) is 9.90 Å². The Morgan fingerprint density at radius 1 is 1.19 bits per heavy atom. The van der Waals surface area contributed by atoms with Crippen molar-refractivity contribution in [3.8, 4) is 11.1 Å². The number of halogens is 1. The van der Waals surface area contributed by atoms with Crippen molar-refractivity contribution in [2.75, 3.05) is 26.2 Å². The maximum absolute atomic E-state index is 12.3. The number of β-amino-alcohol motifs (C(OH)–C–C–N with tert-alkyl or cyclic N) is 1. The van der Waals surface area contributed by atoms with E-state index in [1.807, 2.05) is 48.5 Å². The zero-order valence-corrected chi connectivity index (χ0v) is 15.6. The molecule has 0 radical (unpaired) electrons. The Morgan fingerprint density at radius 3 is 2.69 bits per heavy atom. The Kier molecular flexibility index (Phi) is 6.67. The van der Waals surface area contributed by atoms with Crippen LogP contribution in [0.1, 0.15) is 29.6 Å². The Hall–Kier alpha value is -1.88. The number of benzene rings is 2. The van der Waals surface area contributed by atoms with Crippen LogP contribution in [0.5, 0.6) is 0 Å². The predicted molar refractivity (Wildman–Crippen MR) is 106 cm³/mol. The highest BCUT2D eigenvalue weighted by Crippen LogP contribution is 2.27. The summed E-state index contributed by atoms with van der Waals surface area (Å²) in [5.41, 5.74) is 2.61. The molecule has 2 aromatic carbocycles. The highest BCUT2D eigenvalue weighted by molar-refractivity contribution is 6.33. The molecule has 3 rings (SSSR count). The number of hydrogen-bond acceptors (Lipinski definition) is 3. The minimum atomic E-state index is -0.199. The molecule has 1 amide bonds. The first-order valence-corrected chi connectivity index (χ1v) is 9.55. The predicted octanol–water partition coefficient (Wildman–Crippen LogP) is 3.58. The van der Waals surface area contributed by atoms with Crippen LogP contribution >= 0.6 is 11.6 Å². The number of aliphatic hydroxyl groups excluding tert-OH is 1. The zero-order valence-electron chi connectivity index (χ0n) is 14.8. The van der Waals surface area contributed by atoms with Crippen LogP contribution in [0.2, 0.25) is 5.02 Å². The van der Waals surface area contributed by atoms with E-state index in [1.54, 1.807) is 0 Å². The van der Waals surface area contributed by atoms with Crippen molar-refractivity contribution in [2.45, 2.75) is 25.4 Å². The average molecular weight is 373 g/mol. The van der Waals surface area contributed by atoms with E-state index in [0.29, 0.717) is 17.1 Å². The summed E-state index contributed by atoms with van der Waals surface area (Å²) in [4.78, 5) is 14.5. The monoisotopic (exact) mass is 372 g/mol. The molecule has 0 spiro atoms. The van der Waals surface area contributed by atoms with Crippen molar-refractivity contribution < 1.29 is 9.90 Å². The van der Waals surface area contributed by atoms with Crippen LogP contribution in [0.25, 0.3) is 11.1 Å². The van der Waals surface area contributed by atoms with Gasteiger partial charge in [-0.05, 0) is 56.1 Å². The van der Waals surface area contributed by atoms with Crippen LogP contribution in [0, 0.1) is 0 Å². The number of carbonyl (C=O) groups is 1. The second-order valence-corrected chi connectivity index (χ2v) is 7.17. The first kappa shape index (κ1) is 18.9. The average Bonchev–Trinajstić information content (AvgIpc) is 2.66. The van der Waals surface area contributed by atoms with E-state index >= 15 is 0 Å². The van der Waals surface area contributed by atoms with E-state index in [2.05, 4.69) is 10.2 Å². The van der Waals surface area contributed by atoms with Gasteiger partial charge >= 0.3 is 0 Å².